The Balaban J connectivity index is 1.71. The van der Waals surface area contributed by atoms with Gasteiger partial charge in [0.25, 0.3) is 0 Å². The fourth-order valence-electron chi connectivity index (χ4n) is 4.89. The molecule has 0 radical (unpaired) electrons. The van der Waals surface area contributed by atoms with Crippen molar-refractivity contribution in [3.05, 3.63) is 95.5 Å². The average molecular weight is 566 g/mol. The minimum absolute atomic E-state index is 0.00456. The molecule has 0 fully saturated rings. The SMILES string of the molecule is C=CC(=O)NCc1ccc(-c2c(-c3ccc(Oc4nccc(C)n4)c(F)c3)c3c(N)ncc(C#N)c3n2C)c(C)c1F. The lowest BCUT2D eigenvalue weighted by Crippen LogP contribution is -2.20. The molecule has 2 aromatic carbocycles. The van der Waals surface area contributed by atoms with Gasteiger partial charge in [0.1, 0.15) is 17.7 Å². The first kappa shape index (κ1) is 27.9. The van der Waals surface area contributed by atoms with Gasteiger partial charge in [-0.15, -0.1) is 0 Å². The minimum Gasteiger partial charge on any atom is -0.421 e. The van der Waals surface area contributed by atoms with Gasteiger partial charge < -0.3 is 20.4 Å². The fourth-order valence-corrected chi connectivity index (χ4v) is 4.89. The number of benzene rings is 2. The summed E-state index contributed by atoms with van der Waals surface area (Å²) < 4.78 is 38.4. The molecule has 3 aromatic heterocycles. The van der Waals surface area contributed by atoms with Crippen LogP contribution in [0.15, 0.2) is 61.4 Å². The number of fused-ring (bicyclic) bond motifs is 1. The molecule has 1 amide bonds. The minimum atomic E-state index is -0.695. The molecule has 0 bridgehead atoms. The summed E-state index contributed by atoms with van der Waals surface area (Å²) in [5, 5.41) is 12.9. The van der Waals surface area contributed by atoms with Crippen LogP contribution in [0.4, 0.5) is 14.6 Å². The number of nitrogens with zero attached hydrogens (tertiary/aromatic N) is 5. The van der Waals surface area contributed by atoms with Crippen molar-refractivity contribution in [1.82, 2.24) is 24.8 Å². The number of aromatic nitrogens is 4. The predicted molar refractivity (Wildman–Crippen MR) is 154 cm³/mol. The van der Waals surface area contributed by atoms with Crippen LogP contribution in [0.1, 0.15) is 22.4 Å². The van der Waals surface area contributed by atoms with Crippen LogP contribution >= 0.6 is 0 Å². The molecule has 0 saturated carbocycles. The summed E-state index contributed by atoms with van der Waals surface area (Å²) in [4.78, 5) is 24.0. The van der Waals surface area contributed by atoms with Crippen LogP contribution in [0.3, 0.4) is 0 Å². The summed E-state index contributed by atoms with van der Waals surface area (Å²) >= 11 is 0. The smallest absolute Gasteiger partial charge is 0.322 e. The van der Waals surface area contributed by atoms with E-state index >= 15 is 8.78 Å². The highest BCUT2D eigenvalue weighted by Gasteiger charge is 2.26. The molecule has 210 valence electrons. The van der Waals surface area contributed by atoms with E-state index in [1.807, 2.05) is 0 Å². The standard InChI is InChI=1S/C31H25F2N7O2/c1-5-24(41)37-14-19-6-8-21(17(3)27(19)33)29-25(26-28(40(29)4)20(13-34)15-38-30(26)35)18-7-9-23(22(32)12-18)42-31-36-11-10-16(2)39-31/h5-12,15H,1,14H2,2-4H3,(H2,35,38)(H,37,41). The molecule has 5 rings (SSSR count). The van der Waals surface area contributed by atoms with E-state index in [1.54, 1.807) is 49.7 Å². The summed E-state index contributed by atoms with van der Waals surface area (Å²) in [6, 6.07) is 11.4. The summed E-state index contributed by atoms with van der Waals surface area (Å²) in [5.41, 5.74) is 10.1. The zero-order valence-corrected chi connectivity index (χ0v) is 23.0. The van der Waals surface area contributed by atoms with Crippen LogP contribution in [0.25, 0.3) is 33.3 Å². The monoisotopic (exact) mass is 565 g/mol. The Labute approximate surface area is 239 Å². The Hall–Kier alpha value is -5.63. The van der Waals surface area contributed by atoms with Gasteiger partial charge in [0.15, 0.2) is 11.6 Å². The van der Waals surface area contributed by atoms with Gasteiger partial charge in [0.05, 0.1) is 22.2 Å². The van der Waals surface area contributed by atoms with Crippen molar-refractivity contribution in [3.63, 3.8) is 0 Å². The predicted octanol–water partition coefficient (Wildman–Crippen LogP) is 5.64. The molecule has 5 aromatic rings. The van der Waals surface area contributed by atoms with Crippen molar-refractivity contribution in [2.75, 3.05) is 5.73 Å². The number of halogens is 2. The number of hydrogen-bond acceptors (Lipinski definition) is 7. The molecule has 0 aliphatic rings. The molecule has 0 saturated heterocycles. The maximum Gasteiger partial charge on any atom is 0.322 e. The molecule has 0 aliphatic heterocycles. The van der Waals surface area contributed by atoms with E-state index in [0.717, 1.165) is 6.08 Å². The molecule has 3 N–H and O–H groups in total. The number of anilines is 1. The van der Waals surface area contributed by atoms with Crippen LogP contribution in [0, 0.1) is 36.8 Å². The summed E-state index contributed by atoms with van der Waals surface area (Å²) in [7, 11) is 1.72. The number of nitriles is 1. The van der Waals surface area contributed by atoms with Gasteiger partial charge in [-0.05, 0) is 49.2 Å². The second kappa shape index (κ2) is 11.1. The van der Waals surface area contributed by atoms with Crippen molar-refractivity contribution in [1.29, 1.82) is 5.26 Å². The molecule has 42 heavy (non-hydrogen) atoms. The number of nitrogens with one attached hydrogen (secondary N) is 1. The van der Waals surface area contributed by atoms with Crippen molar-refractivity contribution in [2.45, 2.75) is 20.4 Å². The second-order valence-electron chi connectivity index (χ2n) is 9.54. The van der Waals surface area contributed by atoms with Crippen LogP contribution < -0.4 is 15.8 Å². The summed E-state index contributed by atoms with van der Waals surface area (Å²) in [6.07, 6.45) is 3.98. The van der Waals surface area contributed by atoms with Crippen LogP contribution in [0.2, 0.25) is 0 Å². The molecule has 0 aliphatic carbocycles. The van der Waals surface area contributed by atoms with Crippen LogP contribution in [-0.4, -0.2) is 25.4 Å². The van der Waals surface area contributed by atoms with E-state index in [9.17, 15) is 10.1 Å². The van der Waals surface area contributed by atoms with E-state index in [0.29, 0.717) is 39.0 Å². The van der Waals surface area contributed by atoms with Gasteiger partial charge in [-0.1, -0.05) is 24.8 Å². The molecule has 3 heterocycles. The Kier molecular flexibility index (Phi) is 7.37. The van der Waals surface area contributed by atoms with Gasteiger partial charge >= 0.3 is 6.01 Å². The number of nitrogen functional groups attached to an aromatic ring is 1. The van der Waals surface area contributed by atoms with Crippen molar-refractivity contribution in [3.8, 4) is 40.2 Å². The highest BCUT2D eigenvalue weighted by Crippen LogP contribution is 2.45. The summed E-state index contributed by atoms with van der Waals surface area (Å²) in [5.74, 6) is -1.62. The zero-order chi connectivity index (χ0) is 30.1. The number of nitrogens with two attached hydrogens (primary N) is 1. The molecule has 11 heteroatoms. The van der Waals surface area contributed by atoms with Crippen molar-refractivity contribution >= 4 is 22.6 Å². The number of rotatable bonds is 7. The second-order valence-corrected chi connectivity index (χ2v) is 9.54. The molecule has 0 spiro atoms. The lowest BCUT2D eigenvalue weighted by atomic mass is 9.94. The van der Waals surface area contributed by atoms with Crippen LogP contribution in [-0.2, 0) is 18.4 Å². The normalized spacial score (nSPS) is 10.9. The van der Waals surface area contributed by atoms with Gasteiger partial charge in [0, 0.05) is 48.4 Å². The van der Waals surface area contributed by atoms with Gasteiger partial charge in [-0.3, -0.25) is 4.79 Å². The molecule has 0 atom stereocenters. The Bertz CT molecular complexity index is 1940. The third-order valence-corrected chi connectivity index (χ3v) is 6.91. The lowest BCUT2D eigenvalue weighted by Gasteiger charge is -2.15. The molecule has 0 unspecified atom stereocenters. The topological polar surface area (TPSA) is 132 Å². The highest BCUT2D eigenvalue weighted by atomic mass is 19.1. The van der Waals surface area contributed by atoms with Crippen molar-refractivity contribution < 1.29 is 18.3 Å². The largest absolute Gasteiger partial charge is 0.421 e. The molecule has 9 nitrogen and oxygen atoms in total. The maximum atomic E-state index is 15.6. The summed E-state index contributed by atoms with van der Waals surface area (Å²) in [6.45, 7) is 6.74. The maximum absolute atomic E-state index is 15.6. The number of carbonyl (C=O) groups is 1. The van der Waals surface area contributed by atoms with E-state index in [1.165, 1.54) is 24.5 Å². The van der Waals surface area contributed by atoms with Gasteiger partial charge in [0.2, 0.25) is 5.91 Å². The zero-order valence-electron chi connectivity index (χ0n) is 23.0. The van der Waals surface area contributed by atoms with E-state index in [-0.39, 0.29) is 40.8 Å². The first-order valence-electron chi connectivity index (χ1n) is 12.8. The quantitative estimate of drug-likeness (QED) is 0.244. The molecular formula is C31H25F2N7O2. The number of carbonyl (C=O) groups excluding carboxylic acids is 1. The first-order valence-corrected chi connectivity index (χ1v) is 12.8. The number of pyridine rings is 1. The lowest BCUT2D eigenvalue weighted by molar-refractivity contribution is -0.116. The number of aryl methyl sites for hydroxylation is 2. The van der Waals surface area contributed by atoms with E-state index in [4.69, 9.17) is 10.5 Å². The Morgan fingerprint density at radius 1 is 1.21 bits per heavy atom. The van der Waals surface area contributed by atoms with Gasteiger partial charge in [-0.2, -0.15) is 5.26 Å². The molecular weight excluding hydrogens is 540 g/mol. The highest BCUT2D eigenvalue weighted by molar-refractivity contribution is 6.11. The number of amides is 1. The Morgan fingerprint density at radius 2 is 2.00 bits per heavy atom. The number of hydrogen-bond donors (Lipinski definition) is 2. The first-order chi connectivity index (χ1) is 20.1. The van der Waals surface area contributed by atoms with E-state index in [2.05, 4.69) is 32.9 Å². The number of ether oxygens (including phenoxy) is 1. The van der Waals surface area contributed by atoms with Crippen molar-refractivity contribution in [2.24, 2.45) is 7.05 Å². The Morgan fingerprint density at radius 3 is 2.69 bits per heavy atom. The third-order valence-electron chi connectivity index (χ3n) is 6.91. The van der Waals surface area contributed by atoms with Crippen LogP contribution in [0.5, 0.6) is 11.8 Å². The third kappa shape index (κ3) is 4.90. The average Bonchev–Trinajstić information content (AvgIpc) is 3.28. The van der Waals surface area contributed by atoms with E-state index < -0.39 is 17.5 Å². The van der Waals surface area contributed by atoms with Gasteiger partial charge in [-0.25, -0.2) is 23.7 Å². The fraction of sp³-hybridized carbons (Fsp3) is 0.129.